The van der Waals surface area contributed by atoms with Crippen molar-refractivity contribution < 1.29 is 24.2 Å². The number of esters is 1. The molecule has 6 nitrogen and oxygen atoms in total. The summed E-state index contributed by atoms with van der Waals surface area (Å²) in [6.45, 7) is 4.42. The minimum absolute atomic E-state index is 0.0273. The minimum Gasteiger partial charge on any atom is -0.481 e. The maximum Gasteiger partial charge on any atom is 0.313 e. The molecule has 6 heteroatoms. The molecule has 0 aromatic heterocycles. The largest absolute Gasteiger partial charge is 0.481 e. The number of rotatable bonds is 25. The average molecular weight is 510 g/mol. The second-order valence-electron chi connectivity index (χ2n) is 11.1. The number of carboxylic acids is 1. The molecule has 0 aliphatic carbocycles. The van der Waals surface area contributed by atoms with Crippen LogP contribution in [0, 0.1) is 17.8 Å². The van der Waals surface area contributed by atoms with E-state index in [1.807, 2.05) is 0 Å². The molecule has 1 heterocycles. The van der Waals surface area contributed by atoms with Crippen LogP contribution in [0.5, 0.6) is 0 Å². The number of carboxylic acid groups (broad SMARTS) is 1. The molecule has 1 rings (SSSR count). The van der Waals surface area contributed by atoms with Crippen LogP contribution in [0.25, 0.3) is 0 Å². The molecule has 1 unspecified atom stereocenters. The number of carbonyl (C=O) groups excluding carboxylic acids is 2. The van der Waals surface area contributed by atoms with E-state index in [1.54, 1.807) is 0 Å². The third-order valence-corrected chi connectivity index (χ3v) is 7.93. The van der Waals surface area contributed by atoms with Crippen molar-refractivity contribution in [3.8, 4) is 0 Å². The molecule has 0 aromatic carbocycles. The third-order valence-electron chi connectivity index (χ3n) is 7.93. The lowest BCUT2D eigenvalue weighted by Crippen LogP contribution is -2.47. The monoisotopic (exact) mass is 509 g/mol. The molecule has 0 spiro atoms. The maximum atomic E-state index is 12.3. The molecule has 0 aromatic rings. The van der Waals surface area contributed by atoms with Gasteiger partial charge in [0, 0.05) is 6.42 Å². The van der Waals surface area contributed by atoms with Crippen molar-refractivity contribution in [1.29, 1.82) is 0 Å². The Labute approximate surface area is 220 Å². The number of primary amides is 1. The normalized spacial score (nSPS) is 18.9. The lowest BCUT2D eigenvalue weighted by Gasteiger charge is -2.38. The molecular formula is C30H55NO5. The first-order valence-electron chi connectivity index (χ1n) is 15.1. The van der Waals surface area contributed by atoms with E-state index in [-0.39, 0.29) is 29.8 Å². The highest BCUT2D eigenvalue weighted by atomic mass is 16.6. The predicted molar refractivity (Wildman–Crippen MR) is 145 cm³/mol. The Morgan fingerprint density at radius 1 is 0.806 bits per heavy atom. The molecule has 1 fully saturated rings. The number of carbonyl (C=O) groups is 3. The molecule has 0 radical (unpaired) electrons. The van der Waals surface area contributed by atoms with Crippen LogP contribution in [0.2, 0.25) is 0 Å². The standard InChI is InChI=1S/C30H55NO5/c1-3-5-7-9-10-11-12-13-15-19-24(25(29(33)34)20-17-14-18-22-28(31)32)23-27-26(30(35)36-27)21-16-8-6-4-2/h24-27H,3-23H2,1-2H3,(H2,31,32)(H,33,34)/t24?,25-,26-,27-/m0/s1. The number of hydrogen-bond donors (Lipinski definition) is 2. The van der Waals surface area contributed by atoms with E-state index >= 15 is 0 Å². The highest BCUT2D eigenvalue weighted by Crippen LogP contribution is 2.37. The van der Waals surface area contributed by atoms with Gasteiger partial charge >= 0.3 is 11.9 Å². The third kappa shape index (κ3) is 14.2. The van der Waals surface area contributed by atoms with Crippen molar-refractivity contribution in [2.45, 2.75) is 155 Å². The Hall–Kier alpha value is -1.59. The van der Waals surface area contributed by atoms with Crippen molar-refractivity contribution in [2.75, 3.05) is 0 Å². The highest BCUT2D eigenvalue weighted by molar-refractivity contribution is 5.78. The molecule has 4 atom stereocenters. The van der Waals surface area contributed by atoms with Crippen LogP contribution in [0.3, 0.4) is 0 Å². The van der Waals surface area contributed by atoms with Gasteiger partial charge in [-0.3, -0.25) is 14.4 Å². The van der Waals surface area contributed by atoms with E-state index in [4.69, 9.17) is 10.5 Å². The van der Waals surface area contributed by atoms with E-state index in [9.17, 15) is 19.5 Å². The zero-order valence-electron chi connectivity index (χ0n) is 23.3. The van der Waals surface area contributed by atoms with Gasteiger partial charge in [-0.2, -0.15) is 0 Å². The highest BCUT2D eigenvalue weighted by Gasteiger charge is 2.44. The van der Waals surface area contributed by atoms with Gasteiger partial charge < -0.3 is 15.6 Å². The van der Waals surface area contributed by atoms with Gasteiger partial charge in [0.05, 0.1) is 11.8 Å². The van der Waals surface area contributed by atoms with Gasteiger partial charge in [-0.05, 0) is 38.0 Å². The number of amides is 1. The van der Waals surface area contributed by atoms with E-state index in [1.165, 1.54) is 57.8 Å². The summed E-state index contributed by atoms with van der Waals surface area (Å²) in [5.41, 5.74) is 5.23. The fourth-order valence-corrected chi connectivity index (χ4v) is 5.61. The molecular weight excluding hydrogens is 454 g/mol. The Bertz CT molecular complexity index is 608. The number of ether oxygens (including phenoxy) is 1. The zero-order valence-corrected chi connectivity index (χ0v) is 23.3. The fourth-order valence-electron chi connectivity index (χ4n) is 5.61. The molecule has 36 heavy (non-hydrogen) atoms. The summed E-state index contributed by atoms with van der Waals surface area (Å²) >= 11 is 0. The first-order chi connectivity index (χ1) is 17.4. The van der Waals surface area contributed by atoms with Crippen LogP contribution in [0.15, 0.2) is 0 Å². The summed E-state index contributed by atoms with van der Waals surface area (Å²) < 4.78 is 5.55. The van der Waals surface area contributed by atoms with Gasteiger partial charge in [-0.15, -0.1) is 0 Å². The van der Waals surface area contributed by atoms with Crippen LogP contribution in [0.4, 0.5) is 0 Å². The molecule has 1 saturated heterocycles. The Morgan fingerprint density at radius 3 is 1.89 bits per heavy atom. The molecule has 1 aliphatic rings. The van der Waals surface area contributed by atoms with Gasteiger partial charge in [-0.25, -0.2) is 0 Å². The molecule has 210 valence electrons. The van der Waals surface area contributed by atoms with Crippen LogP contribution in [-0.2, 0) is 19.1 Å². The Kier molecular flexibility index (Phi) is 18.4. The summed E-state index contributed by atoms with van der Waals surface area (Å²) in [5, 5.41) is 10.1. The predicted octanol–water partition coefficient (Wildman–Crippen LogP) is 7.56. The topological polar surface area (TPSA) is 107 Å². The number of hydrogen-bond acceptors (Lipinski definition) is 4. The molecule has 0 bridgehead atoms. The van der Waals surface area contributed by atoms with Crippen LogP contribution < -0.4 is 5.73 Å². The van der Waals surface area contributed by atoms with E-state index < -0.39 is 11.9 Å². The average Bonchev–Trinajstić information content (AvgIpc) is 2.83. The summed E-state index contributed by atoms with van der Waals surface area (Å²) in [4.78, 5) is 35.4. The van der Waals surface area contributed by atoms with Gasteiger partial charge in [0.1, 0.15) is 6.10 Å². The molecule has 0 saturated carbocycles. The van der Waals surface area contributed by atoms with E-state index in [0.717, 1.165) is 51.4 Å². The van der Waals surface area contributed by atoms with Gasteiger partial charge in [0.2, 0.25) is 5.91 Å². The number of cyclic esters (lactones) is 1. The summed E-state index contributed by atoms with van der Waals surface area (Å²) in [7, 11) is 0. The number of unbranched alkanes of at least 4 members (excludes halogenated alkanes) is 13. The van der Waals surface area contributed by atoms with Crippen molar-refractivity contribution in [2.24, 2.45) is 23.5 Å². The second-order valence-corrected chi connectivity index (χ2v) is 11.1. The number of nitrogens with two attached hydrogens (primary N) is 1. The second kappa shape index (κ2) is 20.5. The van der Waals surface area contributed by atoms with E-state index in [2.05, 4.69) is 13.8 Å². The minimum atomic E-state index is -0.740. The Morgan fingerprint density at radius 2 is 1.33 bits per heavy atom. The molecule has 1 amide bonds. The van der Waals surface area contributed by atoms with Crippen molar-refractivity contribution in [3.05, 3.63) is 0 Å². The lowest BCUT2D eigenvalue weighted by molar-refractivity contribution is -0.188. The van der Waals surface area contributed by atoms with Gasteiger partial charge in [0.25, 0.3) is 0 Å². The Balaban J connectivity index is 2.60. The van der Waals surface area contributed by atoms with Crippen LogP contribution in [0.1, 0.15) is 149 Å². The first-order valence-corrected chi connectivity index (χ1v) is 15.1. The fraction of sp³-hybridized carbons (Fsp3) is 0.900. The number of aliphatic carboxylic acids is 1. The maximum absolute atomic E-state index is 12.3. The summed E-state index contributed by atoms with van der Waals surface area (Å²) in [6, 6.07) is 0. The van der Waals surface area contributed by atoms with Crippen LogP contribution >= 0.6 is 0 Å². The zero-order chi connectivity index (χ0) is 26.6. The van der Waals surface area contributed by atoms with Crippen molar-refractivity contribution >= 4 is 17.8 Å². The lowest BCUT2D eigenvalue weighted by atomic mass is 9.76. The van der Waals surface area contributed by atoms with Gasteiger partial charge in [0.15, 0.2) is 0 Å². The van der Waals surface area contributed by atoms with Crippen molar-refractivity contribution in [1.82, 2.24) is 0 Å². The first kappa shape index (κ1) is 32.4. The smallest absolute Gasteiger partial charge is 0.313 e. The van der Waals surface area contributed by atoms with Crippen molar-refractivity contribution in [3.63, 3.8) is 0 Å². The SMILES string of the molecule is CCCCCCCCCCCC(C[C@@H]1OC(=O)[C@H]1CCCCCC)[C@H](CCCCCC(N)=O)C(=O)O. The summed E-state index contributed by atoms with van der Waals surface area (Å²) in [5.74, 6) is -1.60. The van der Waals surface area contributed by atoms with Gasteiger partial charge in [-0.1, -0.05) is 110 Å². The quantitative estimate of drug-likeness (QED) is 0.0975. The van der Waals surface area contributed by atoms with Crippen LogP contribution in [-0.4, -0.2) is 29.1 Å². The molecule has 3 N–H and O–H groups in total. The van der Waals surface area contributed by atoms with E-state index in [0.29, 0.717) is 25.7 Å². The summed E-state index contributed by atoms with van der Waals surface area (Å²) in [6.07, 6.45) is 21.3. The molecule has 1 aliphatic heterocycles.